The van der Waals surface area contributed by atoms with E-state index in [1.165, 1.54) is 0 Å². The Kier molecular flexibility index (Phi) is 9.34. The molecule has 1 unspecified atom stereocenters. The number of carboxylic acid groups (broad SMARTS) is 1. The number of aliphatic carboxylic acids is 1. The van der Waals surface area contributed by atoms with Gasteiger partial charge in [0.05, 0.1) is 19.8 Å². The Morgan fingerprint density at radius 3 is 2.28 bits per heavy atom. The van der Waals surface area contributed by atoms with Crippen molar-refractivity contribution in [2.75, 3.05) is 25.1 Å². The number of nitrogen functional groups attached to an aromatic ring is 1. The van der Waals surface area contributed by atoms with Crippen LogP contribution in [0.25, 0.3) is 0 Å². The maximum Gasteiger partial charge on any atom is 0.333 e. The number of carboxylic acids is 1. The lowest BCUT2D eigenvalue weighted by Crippen LogP contribution is -2.23. The van der Waals surface area contributed by atoms with E-state index in [9.17, 15) is 9.59 Å². The highest BCUT2D eigenvalue weighted by Gasteiger charge is 2.24. The Hall–Kier alpha value is -3.75. The van der Waals surface area contributed by atoms with Crippen molar-refractivity contribution < 1.29 is 28.9 Å². The number of amidine groups is 1. The van der Waals surface area contributed by atoms with Gasteiger partial charge >= 0.3 is 11.9 Å². The first-order valence-corrected chi connectivity index (χ1v) is 10.3. The number of benzene rings is 2. The summed E-state index contributed by atoms with van der Waals surface area (Å²) in [5.41, 5.74) is 7.27. The number of hydrogen-bond donors (Lipinski definition) is 4. The Morgan fingerprint density at radius 1 is 1.06 bits per heavy atom. The molecule has 0 aliphatic carbocycles. The van der Waals surface area contributed by atoms with Crippen LogP contribution in [0.2, 0.25) is 0 Å². The molecule has 0 spiro atoms. The number of anilines is 1. The van der Waals surface area contributed by atoms with Gasteiger partial charge in [-0.1, -0.05) is 0 Å². The molecule has 0 aliphatic rings. The minimum absolute atomic E-state index is 0.00126. The predicted molar refractivity (Wildman–Crippen MR) is 120 cm³/mol. The van der Waals surface area contributed by atoms with Gasteiger partial charge in [-0.2, -0.15) is 0 Å². The van der Waals surface area contributed by atoms with Crippen LogP contribution in [0.15, 0.2) is 42.5 Å². The molecule has 0 heterocycles. The third kappa shape index (κ3) is 7.50. The molecule has 0 saturated carbocycles. The topological polar surface area (TPSA) is 144 Å². The monoisotopic (exact) mass is 443 g/mol. The normalized spacial score (nSPS) is 11.3. The zero-order valence-electron chi connectivity index (χ0n) is 18.2. The maximum atomic E-state index is 12.8. The summed E-state index contributed by atoms with van der Waals surface area (Å²) in [4.78, 5) is 23.5. The molecule has 5 N–H and O–H groups in total. The number of carbonyl (C=O) groups excluding carboxylic acids is 1. The van der Waals surface area contributed by atoms with E-state index in [2.05, 4.69) is 5.32 Å². The lowest BCUT2D eigenvalue weighted by molar-refractivity contribution is -0.144. The summed E-state index contributed by atoms with van der Waals surface area (Å²) in [6, 6.07) is 11.1. The van der Waals surface area contributed by atoms with E-state index in [-0.39, 0.29) is 25.5 Å². The molecule has 0 saturated heterocycles. The standard InChI is InChI=1S/C23H29N3O6/c1-3-30-18-12-16(13-19(14-18)32-11-5-6-20(27)28)21(23(29)31-4-2)26-17-9-7-15(8-10-17)22(24)25/h7-10,12-14,21,26H,3-6,11H2,1-2H3,(H3,24,25)(H,27,28). The minimum Gasteiger partial charge on any atom is -0.494 e. The van der Waals surface area contributed by atoms with Crippen LogP contribution in [0.3, 0.4) is 0 Å². The average molecular weight is 444 g/mol. The van der Waals surface area contributed by atoms with Gasteiger partial charge in [0.2, 0.25) is 0 Å². The second-order valence-corrected chi connectivity index (χ2v) is 6.84. The number of hydrogen-bond acceptors (Lipinski definition) is 7. The molecule has 9 heteroatoms. The van der Waals surface area contributed by atoms with Crippen LogP contribution in [0.1, 0.15) is 43.9 Å². The van der Waals surface area contributed by atoms with Crippen LogP contribution in [0, 0.1) is 5.41 Å². The molecule has 0 fully saturated rings. The molecule has 172 valence electrons. The van der Waals surface area contributed by atoms with Gasteiger partial charge in [-0.25, -0.2) is 4.79 Å². The van der Waals surface area contributed by atoms with E-state index in [4.69, 9.17) is 30.5 Å². The van der Waals surface area contributed by atoms with E-state index < -0.39 is 18.0 Å². The van der Waals surface area contributed by atoms with Crippen molar-refractivity contribution in [1.82, 2.24) is 0 Å². The number of nitrogens with two attached hydrogens (primary N) is 1. The highest BCUT2D eigenvalue weighted by atomic mass is 16.5. The van der Waals surface area contributed by atoms with Crippen molar-refractivity contribution in [1.29, 1.82) is 5.41 Å². The molecule has 0 aliphatic heterocycles. The molecule has 2 aromatic carbocycles. The van der Waals surface area contributed by atoms with Crippen LogP contribution >= 0.6 is 0 Å². The smallest absolute Gasteiger partial charge is 0.333 e. The van der Waals surface area contributed by atoms with Gasteiger partial charge in [0.25, 0.3) is 0 Å². The number of esters is 1. The summed E-state index contributed by atoms with van der Waals surface area (Å²) in [6.45, 7) is 4.42. The summed E-state index contributed by atoms with van der Waals surface area (Å²) in [6.07, 6.45) is 0.354. The molecule has 2 rings (SSSR count). The highest BCUT2D eigenvalue weighted by molar-refractivity contribution is 5.95. The fourth-order valence-electron chi connectivity index (χ4n) is 2.92. The SMILES string of the molecule is CCOC(=O)C(Nc1ccc(C(=N)N)cc1)c1cc(OCC)cc(OCCCC(=O)O)c1. The summed E-state index contributed by atoms with van der Waals surface area (Å²) >= 11 is 0. The van der Waals surface area contributed by atoms with E-state index in [1.54, 1.807) is 49.4 Å². The summed E-state index contributed by atoms with van der Waals surface area (Å²) in [5.74, 6) is -0.443. The molecule has 32 heavy (non-hydrogen) atoms. The van der Waals surface area contributed by atoms with Crippen LogP contribution in [-0.4, -0.2) is 42.7 Å². The molecule has 9 nitrogen and oxygen atoms in total. The zero-order valence-corrected chi connectivity index (χ0v) is 18.2. The maximum absolute atomic E-state index is 12.8. The molecule has 0 radical (unpaired) electrons. The van der Waals surface area contributed by atoms with Gasteiger partial charge in [0.1, 0.15) is 17.3 Å². The van der Waals surface area contributed by atoms with E-state index in [0.717, 1.165) is 0 Å². The fourth-order valence-corrected chi connectivity index (χ4v) is 2.92. The van der Waals surface area contributed by atoms with Gasteiger partial charge < -0.3 is 30.4 Å². The van der Waals surface area contributed by atoms with E-state index >= 15 is 0 Å². The number of nitrogens with one attached hydrogen (secondary N) is 2. The average Bonchev–Trinajstić information content (AvgIpc) is 2.75. The second kappa shape index (κ2) is 12.2. The first-order chi connectivity index (χ1) is 15.3. The van der Waals surface area contributed by atoms with Crippen LogP contribution in [0.4, 0.5) is 5.69 Å². The van der Waals surface area contributed by atoms with Gasteiger partial charge in [-0.15, -0.1) is 0 Å². The predicted octanol–water partition coefficient (Wildman–Crippen LogP) is 3.33. The van der Waals surface area contributed by atoms with Crippen molar-refractivity contribution in [2.45, 2.75) is 32.7 Å². The lowest BCUT2D eigenvalue weighted by atomic mass is 10.0. The Balaban J connectivity index is 2.32. The quantitative estimate of drug-likeness (QED) is 0.160. The van der Waals surface area contributed by atoms with E-state index in [1.807, 2.05) is 6.92 Å². The Morgan fingerprint density at radius 2 is 1.72 bits per heavy atom. The lowest BCUT2D eigenvalue weighted by Gasteiger charge is -2.21. The van der Waals surface area contributed by atoms with Crippen LogP contribution < -0.4 is 20.5 Å². The van der Waals surface area contributed by atoms with Crippen molar-refractivity contribution in [3.05, 3.63) is 53.6 Å². The Bertz CT molecular complexity index is 930. The number of rotatable bonds is 13. The van der Waals surface area contributed by atoms with Crippen molar-refractivity contribution >= 4 is 23.5 Å². The zero-order chi connectivity index (χ0) is 23.5. The summed E-state index contributed by atoms with van der Waals surface area (Å²) in [7, 11) is 0. The van der Waals surface area contributed by atoms with Gasteiger partial charge in [-0.05, 0) is 62.2 Å². The fraction of sp³-hybridized carbons (Fsp3) is 0.348. The molecule has 0 amide bonds. The third-order valence-electron chi connectivity index (χ3n) is 4.38. The molecular weight excluding hydrogens is 414 g/mol. The van der Waals surface area contributed by atoms with Crippen LogP contribution in [0.5, 0.6) is 11.5 Å². The van der Waals surface area contributed by atoms with Gasteiger partial charge in [0.15, 0.2) is 6.04 Å². The van der Waals surface area contributed by atoms with Gasteiger partial charge in [-0.3, -0.25) is 10.2 Å². The van der Waals surface area contributed by atoms with Crippen molar-refractivity contribution in [2.24, 2.45) is 5.73 Å². The second-order valence-electron chi connectivity index (χ2n) is 6.84. The summed E-state index contributed by atoms with van der Waals surface area (Å²) < 4.78 is 16.6. The third-order valence-corrected chi connectivity index (χ3v) is 4.38. The van der Waals surface area contributed by atoms with E-state index in [0.29, 0.717) is 41.3 Å². The highest BCUT2D eigenvalue weighted by Crippen LogP contribution is 2.30. The van der Waals surface area contributed by atoms with Gasteiger partial charge in [0, 0.05) is 23.7 Å². The first-order valence-electron chi connectivity index (χ1n) is 10.3. The molecule has 2 aromatic rings. The molecule has 1 atom stereocenters. The molecular formula is C23H29N3O6. The Labute approximate surface area is 187 Å². The number of ether oxygens (including phenoxy) is 3. The molecule has 0 aromatic heterocycles. The first kappa shape index (κ1) is 24.5. The minimum atomic E-state index is -0.889. The summed E-state index contributed by atoms with van der Waals surface area (Å²) in [5, 5.41) is 19.4. The number of carbonyl (C=O) groups is 2. The largest absolute Gasteiger partial charge is 0.494 e. The van der Waals surface area contributed by atoms with Crippen LogP contribution in [-0.2, 0) is 14.3 Å². The van der Waals surface area contributed by atoms with Crippen molar-refractivity contribution in [3.8, 4) is 11.5 Å². The molecule has 0 bridgehead atoms. The van der Waals surface area contributed by atoms with Crippen molar-refractivity contribution in [3.63, 3.8) is 0 Å².